The molecule has 1 saturated carbocycles. The van der Waals surface area contributed by atoms with E-state index >= 15 is 0 Å². The van der Waals surface area contributed by atoms with Crippen molar-refractivity contribution in [2.45, 2.75) is 18.9 Å². The molecule has 0 heterocycles. The topological polar surface area (TPSA) is 146 Å². The maximum Gasteiger partial charge on any atom is 0.321 e. The molecule has 17 heavy (non-hydrogen) atoms. The van der Waals surface area contributed by atoms with Crippen molar-refractivity contribution < 1.29 is 9.59 Å². The Hall–Kier alpha value is -1.77. The van der Waals surface area contributed by atoms with E-state index in [-0.39, 0.29) is 22.9 Å². The van der Waals surface area contributed by atoms with Gasteiger partial charge in [0.05, 0.1) is 5.75 Å². The summed E-state index contributed by atoms with van der Waals surface area (Å²) >= 11 is 0.833. The molecule has 94 valence electrons. The maximum atomic E-state index is 11.2. The third-order valence-corrected chi connectivity index (χ3v) is 2.51. The fraction of sp³-hybridized carbons (Fsp3) is 0.500. The number of rotatable bonds is 3. The van der Waals surface area contributed by atoms with Gasteiger partial charge in [0.25, 0.3) is 0 Å². The van der Waals surface area contributed by atoms with Crippen LogP contribution in [0.2, 0.25) is 0 Å². The summed E-state index contributed by atoms with van der Waals surface area (Å²) in [6.07, 6.45) is 1.90. The van der Waals surface area contributed by atoms with Gasteiger partial charge >= 0.3 is 6.03 Å². The summed E-state index contributed by atoms with van der Waals surface area (Å²) in [7, 11) is 0. The molecule has 9 heteroatoms. The predicted octanol–water partition coefficient (Wildman–Crippen LogP) is -1.08. The van der Waals surface area contributed by atoms with E-state index in [1.807, 2.05) is 0 Å². The van der Waals surface area contributed by atoms with Gasteiger partial charge in [-0.2, -0.15) is 4.99 Å². The minimum atomic E-state index is -0.508. The lowest BCUT2D eigenvalue weighted by Gasteiger charge is -2.04. The normalized spacial score (nSPS) is 13.6. The predicted molar refractivity (Wildman–Crippen MR) is 65.7 cm³/mol. The zero-order valence-electron chi connectivity index (χ0n) is 9.03. The van der Waals surface area contributed by atoms with Gasteiger partial charge in [-0.05, 0) is 12.8 Å². The second-order valence-corrected chi connectivity index (χ2v) is 4.39. The Morgan fingerprint density at radius 2 is 2.06 bits per heavy atom. The number of nitrogens with one attached hydrogen (secondary N) is 3. The van der Waals surface area contributed by atoms with Crippen LogP contribution in [-0.4, -0.2) is 34.9 Å². The summed E-state index contributed by atoms with van der Waals surface area (Å²) in [5.74, 6) is -0.827. The molecule has 1 aliphatic carbocycles. The van der Waals surface area contributed by atoms with Gasteiger partial charge in [-0.1, -0.05) is 11.8 Å². The SMILES string of the molecule is N=C(N=C(N)N)SCC(=O)NC(=O)NC1CC1. The number of carbonyl (C=O) groups excluding carboxylic acids is 2. The van der Waals surface area contributed by atoms with E-state index in [0.717, 1.165) is 24.6 Å². The number of urea groups is 1. The molecule has 0 saturated heterocycles. The minimum Gasteiger partial charge on any atom is -0.370 e. The van der Waals surface area contributed by atoms with Crippen molar-refractivity contribution >= 4 is 34.8 Å². The van der Waals surface area contributed by atoms with Gasteiger partial charge in [0.15, 0.2) is 11.1 Å². The zero-order valence-corrected chi connectivity index (χ0v) is 9.84. The van der Waals surface area contributed by atoms with Gasteiger partial charge in [-0.25, -0.2) is 4.79 Å². The number of nitrogens with zero attached hydrogens (tertiary/aromatic N) is 1. The summed E-state index contributed by atoms with van der Waals surface area (Å²) in [4.78, 5) is 25.8. The Kier molecular flexibility index (Phi) is 4.76. The second kappa shape index (κ2) is 6.09. The number of amidine groups is 1. The van der Waals surface area contributed by atoms with Crippen LogP contribution in [0.15, 0.2) is 4.99 Å². The first-order valence-corrected chi connectivity index (χ1v) is 5.87. The summed E-state index contributed by atoms with van der Waals surface area (Å²) in [5, 5.41) is 11.8. The molecular formula is C8H14N6O2S. The summed E-state index contributed by atoms with van der Waals surface area (Å²) in [6.45, 7) is 0. The molecule has 0 aromatic heterocycles. The van der Waals surface area contributed by atoms with Gasteiger partial charge < -0.3 is 16.8 Å². The van der Waals surface area contributed by atoms with Gasteiger partial charge in [-0.3, -0.25) is 15.5 Å². The van der Waals surface area contributed by atoms with E-state index in [0.29, 0.717) is 0 Å². The highest BCUT2D eigenvalue weighted by Gasteiger charge is 2.23. The number of imide groups is 1. The third kappa shape index (κ3) is 6.40. The number of nitrogens with two attached hydrogens (primary N) is 2. The molecule has 0 aromatic carbocycles. The van der Waals surface area contributed by atoms with Crippen molar-refractivity contribution in [3.63, 3.8) is 0 Å². The Labute approximate surface area is 102 Å². The Balaban J connectivity index is 2.17. The highest BCUT2D eigenvalue weighted by molar-refractivity contribution is 8.14. The lowest BCUT2D eigenvalue weighted by atomic mass is 10.6. The highest BCUT2D eigenvalue weighted by Crippen LogP contribution is 2.18. The van der Waals surface area contributed by atoms with Gasteiger partial charge in [0.1, 0.15) is 0 Å². The Morgan fingerprint density at radius 3 is 2.59 bits per heavy atom. The highest BCUT2D eigenvalue weighted by atomic mass is 32.2. The summed E-state index contributed by atoms with van der Waals surface area (Å²) in [5.41, 5.74) is 10.1. The van der Waals surface area contributed by atoms with Gasteiger partial charge in [0, 0.05) is 6.04 Å². The molecule has 7 N–H and O–H groups in total. The largest absolute Gasteiger partial charge is 0.370 e. The first-order valence-electron chi connectivity index (χ1n) is 4.88. The van der Waals surface area contributed by atoms with Crippen molar-refractivity contribution in [2.75, 3.05) is 5.75 Å². The van der Waals surface area contributed by atoms with Crippen molar-refractivity contribution in [1.82, 2.24) is 10.6 Å². The summed E-state index contributed by atoms with van der Waals surface area (Å²) in [6, 6.07) is -0.318. The first-order chi connectivity index (χ1) is 7.97. The van der Waals surface area contributed by atoms with Gasteiger partial charge in [0.2, 0.25) is 5.91 Å². The molecule has 0 bridgehead atoms. The van der Waals surface area contributed by atoms with Crippen LogP contribution < -0.4 is 22.1 Å². The van der Waals surface area contributed by atoms with E-state index in [4.69, 9.17) is 16.9 Å². The average molecular weight is 258 g/mol. The molecule has 1 aliphatic rings. The Morgan fingerprint density at radius 1 is 1.41 bits per heavy atom. The maximum absolute atomic E-state index is 11.2. The van der Waals surface area contributed by atoms with E-state index in [2.05, 4.69) is 15.6 Å². The van der Waals surface area contributed by atoms with Crippen molar-refractivity contribution in [3.8, 4) is 0 Å². The lowest BCUT2D eigenvalue weighted by Crippen LogP contribution is -2.41. The number of hydrogen-bond acceptors (Lipinski definition) is 4. The van der Waals surface area contributed by atoms with Crippen LogP contribution in [0.3, 0.4) is 0 Å². The minimum absolute atomic E-state index is 0.0896. The quantitative estimate of drug-likeness (QED) is 0.322. The number of carbonyl (C=O) groups is 2. The number of aliphatic imine (C=N–C) groups is 1. The molecule has 0 aromatic rings. The number of amides is 3. The van der Waals surface area contributed by atoms with Gasteiger partial charge in [-0.15, -0.1) is 0 Å². The number of hydrogen-bond donors (Lipinski definition) is 5. The Bertz CT molecular complexity index is 361. The fourth-order valence-corrected chi connectivity index (χ4v) is 1.41. The van der Waals surface area contributed by atoms with Crippen LogP contribution in [0.25, 0.3) is 0 Å². The van der Waals surface area contributed by atoms with E-state index in [9.17, 15) is 9.59 Å². The molecule has 0 spiro atoms. The van der Waals surface area contributed by atoms with E-state index in [1.165, 1.54) is 0 Å². The smallest absolute Gasteiger partial charge is 0.321 e. The van der Waals surface area contributed by atoms with Crippen molar-refractivity contribution in [1.29, 1.82) is 5.41 Å². The molecule has 0 unspecified atom stereocenters. The monoisotopic (exact) mass is 258 g/mol. The van der Waals surface area contributed by atoms with Crippen molar-refractivity contribution in [3.05, 3.63) is 0 Å². The summed E-state index contributed by atoms with van der Waals surface area (Å²) < 4.78 is 0. The molecule has 1 fully saturated rings. The molecular weight excluding hydrogens is 244 g/mol. The van der Waals surface area contributed by atoms with Crippen LogP contribution in [0.5, 0.6) is 0 Å². The molecule has 0 atom stereocenters. The lowest BCUT2D eigenvalue weighted by molar-refractivity contribution is -0.117. The number of thioether (sulfide) groups is 1. The molecule has 0 aliphatic heterocycles. The zero-order chi connectivity index (χ0) is 12.8. The standard InChI is InChI=1S/C8H14N6O2S/c9-6(10)14-7(11)17-3-5(15)13-8(16)12-4-1-2-4/h4H,1-3H2,(H5,9,10,11,14)(H2,12,13,15,16). The van der Waals surface area contributed by atoms with Crippen molar-refractivity contribution in [2.24, 2.45) is 16.5 Å². The van der Waals surface area contributed by atoms with Crippen LogP contribution in [0.4, 0.5) is 4.79 Å². The van der Waals surface area contributed by atoms with Crippen LogP contribution in [-0.2, 0) is 4.79 Å². The molecule has 3 amide bonds. The fourth-order valence-electron chi connectivity index (χ4n) is 0.895. The molecule has 1 rings (SSSR count). The van der Waals surface area contributed by atoms with E-state index in [1.54, 1.807) is 0 Å². The number of guanidine groups is 1. The molecule has 8 nitrogen and oxygen atoms in total. The second-order valence-electron chi connectivity index (χ2n) is 3.43. The van der Waals surface area contributed by atoms with Crippen LogP contribution in [0.1, 0.15) is 12.8 Å². The average Bonchev–Trinajstić information content (AvgIpc) is 2.97. The first kappa shape index (κ1) is 13.3. The van der Waals surface area contributed by atoms with Crippen LogP contribution in [0, 0.1) is 5.41 Å². The third-order valence-electron chi connectivity index (χ3n) is 1.74. The van der Waals surface area contributed by atoms with Crippen LogP contribution >= 0.6 is 11.8 Å². The van der Waals surface area contributed by atoms with E-state index < -0.39 is 11.9 Å². The molecule has 0 radical (unpaired) electrons.